The van der Waals surface area contributed by atoms with Crippen molar-refractivity contribution < 1.29 is 13.2 Å². The maximum Gasteiger partial charge on any atom is 0.317 e. The van der Waals surface area contributed by atoms with E-state index in [0.29, 0.717) is 31.2 Å². The van der Waals surface area contributed by atoms with Crippen LogP contribution < -0.4 is 5.32 Å². The molecule has 0 atom stereocenters. The van der Waals surface area contributed by atoms with Gasteiger partial charge in [-0.3, -0.25) is 0 Å². The summed E-state index contributed by atoms with van der Waals surface area (Å²) in [5, 5.41) is 3.02. The molecular formula is C12H16ClN3O3S. The van der Waals surface area contributed by atoms with Gasteiger partial charge in [0, 0.05) is 38.2 Å². The Bertz CT molecular complexity index is 580. The summed E-state index contributed by atoms with van der Waals surface area (Å²) >= 11 is 5.76. The number of sulfonamides is 1. The monoisotopic (exact) mass is 317 g/mol. The van der Waals surface area contributed by atoms with Crippen molar-refractivity contribution >= 4 is 27.7 Å². The summed E-state index contributed by atoms with van der Waals surface area (Å²) in [7, 11) is -1.96. The van der Waals surface area contributed by atoms with Crippen molar-refractivity contribution in [2.75, 3.05) is 33.2 Å². The molecule has 2 rings (SSSR count). The van der Waals surface area contributed by atoms with Gasteiger partial charge >= 0.3 is 6.03 Å². The summed E-state index contributed by atoms with van der Waals surface area (Å²) in [6, 6.07) is 5.89. The van der Waals surface area contributed by atoms with Crippen LogP contribution in [0.4, 0.5) is 4.79 Å². The van der Waals surface area contributed by atoms with Crippen LogP contribution in [0.2, 0.25) is 5.02 Å². The number of halogens is 1. The summed E-state index contributed by atoms with van der Waals surface area (Å²) < 4.78 is 26.2. The minimum atomic E-state index is -3.52. The van der Waals surface area contributed by atoms with Crippen molar-refractivity contribution in [2.45, 2.75) is 4.90 Å². The van der Waals surface area contributed by atoms with Crippen molar-refractivity contribution in [3.63, 3.8) is 0 Å². The Morgan fingerprint density at radius 3 is 2.20 bits per heavy atom. The predicted octanol–water partition coefficient (Wildman–Crippen LogP) is 0.986. The first kappa shape index (κ1) is 15.1. The number of carbonyl (C=O) groups is 1. The van der Waals surface area contributed by atoms with Gasteiger partial charge in [0.2, 0.25) is 10.0 Å². The Morgan fingerprint density at radius 1 is 1.15 bits per heavy atom. The molecule has 1 aromatic rings. The highest BCUT2D eigenvalue weighted by Gasteiger charge is 2.29. The van der Waals surface area contributed by atoms with Gasteiger partial charge in [-0.1, -0.05) is 11.6 Å². The molecule has 2 amide bonds. The topological polar surface area (TPSA) is 69.7 Å². The fraction of sp³-hybridized carbons (Fsp3) is 0.417. The number of piperazine rings is 1. The second-order valence-electron chi connectivity index (χ2n) is 4.40. The molecule has 8 heteroatoms. The molecule has 6 nitrogen and oxygen atoms in total. The van der Waals surface area contributed by atoms with Crippen LogP contribution in [0, 0.1) is 0 Å². The van der Waals surface area contributed by atoms with E-state index in [0.717, 1.165) is 0 Å². The highest BCUT2D eigenvalue weighted by molar-refractivity contribution is 7.89. The number of hydrogen-bond acceptors (Lipinski definition) is 3. The Kier molecular flexibility index (Phi) is 4.52. The van der Waals surface area contributed by atoms with Crippen molar-refractivity contribution in [1.29, 1.82) is 0 Å². The van der Waals surface area contributed by atoms with E-state index in [1.165, 1.54) is 16.4 Å². The lowest BCUT2D eigenvalue weighted by Gasteiger charge is -2.33. The molecule has 0 saturated carbocycles. The Balaban J connectivity index is 2.09. The van der Waals surface area contributed by atoms with Crippen LogP contribution >= 0.6 is 11.6 Å². The van der Waals surface area contributed by atoms with Crippen LogP contribution in [-0.2, 0) is 10.0 Å². The molecule has 20 heavy (non-hydrogen) atoms. The van der Waals surface area contributed by atoms with E-state index >= 15 is 0 Å². The third-order valence-corrected chi connectivity index (χ3v) is 5.36. The van der Waals surface area contributed by atoms with Gasteiger partial charge in [-0.2, -0.15) is 4.31 Å². The fourth-order valence-corrected chi connectivity index (χ4v) is 3.59. The maximum absolute atomic E-state index is 12.4. The molecule has 110 valence electrons. The first-order valence-electron chi connectivity index (χ1n) is 6.17. The Morgan fingerprint density at radius 2 is 1.70 bits per heavy atom. The molecule has 0 radical (unpaired) electrons. The second-order valence-corrected chi connectivity index (χ2v) is 6.77. The zero-order valence-corrected chi connectivity index (χ0v) is 12.6. The van der Waals surface area contributed by atoms with Crippen LogP contribution in [0.25, 0.3) is 0 Å². The van der Waals surface area contributed by atoms with E-state index in [4.69, 9.17) is 11.6 Å². The van der Waals surface area contributed by atoms with Crippen molar-refractivity contribution in [1.82, 2.24) is 14.5 Å². The molecule has 1 fully saturated rings. The first-order chi connectivity index (χ1) is 9.45. The fourth-order valence-electron chi connectivity index (χ4n) is 2.05. The lowest BCUT2D eigenvalue weighted by Crippen LogP contribution is -2.52. The molecule has 1 aliphatic heterocycles. The zero-order valence-electron chi connectivity index (χ0n) is 11.0. The van der Waals surface area contributed by atoms with Gasteiger partial charge in [-0.15, -0.1) is 0 Å². The number of amides is 2. The molecular weight excluding hydrogens is 302 g/mol. The summed E-state index contributed by atoms with van der Waals surface area (Å²) in [6.45, 7) is 1.34. The van der Waals surface area contributed by atoms with E-state index in [2.05, 4.69) is 5.32 Å². The van der Waals surface area contributed by atoms with Gasteiger partial charge in [0.15, 0.2) is 0 Å². The number of nitrogens with zero attached hydrogens (tertiary/aromatic N) is 2. The van der Waals surface area contributed by atoms with Crippen LogP contribution in [0.1, 0.15) is 0 Å². The minimum absolute atomic E-state index is 0.187. The highest BCUT2D eigenvalue weighted by atomic mass is 35.5. The summed E-state index contributed by atoms with van der Waals surface area (Å²) in [5.41, 5.74) is 0. The Hall–Kier alpha value is -1.31. The minimum Gasteiger partial charge on any atom is -0.341 e. The van der Waals surface area contributed by atoms with Gasteiger partial charge < -0.3 is 10.2 Å². The lowest BCUT2D eigenvalue weighted by molar-refractivity contribution is 0.174. The number of rotatable bonds is 2. The third kappa shape index (κ3) is 3.05. The second kappa shape index (κ2) is 5.99. The first-order valence-corrected chi connectivity index (χ1v) is 7.99. The normalized spacial score (nSPS) is 17.0. The summed E-state index contributed by atoms with van der Waals surface area (Å²) in [4.78, 5) is 13.3. The van der Waals surface area contributed by atoms with Gasteiger partial charge in [0.05, 0.1) is 4.90 Å². The average molecular weight is 318 g/mol. The molecule has 1 aliphatic rings. The standard InChI is InChI=1S/C12H16ClN3O3S/c1-14-12(17)15-6-8-16(9-7-15)20(18,19)11-4-2-10(13)3-5-11/h2-5H,6-9H2,1H3,(H,14,17). The zero-order chi connectivity index (χ0) is 14.8. The molecule has 1 saturated heterocycles. The van der Waals surface area contributed by atoms with E-state index in [9.17, 15) is 13.2 Å². The number of urea groups is 1. The summed E-state index contributed by atoms with van der Waals surface area (Å²) in [5.74, 6) is 0. The lowest BCUT2D eigenvalue weighted by atomic mass is 10.4. The molecule has 0 unspecified atom stereocenters. The van der Waals surface area contributed by atoms with Gasteiger partial charge in [-0.25, -0.2) is 13.2 Å². The van der Waals surface area contributed by atoms with Gasteiger partial charge in [0.25, 0.3) is 0 Å². The van der Waals surface area contributed by atoms with Crippen molar-refractivity contribution in [3.8, 4) is 0 Å². The van der Waals surface area contributed by atoms with E-state index < -0.39 is 10.0 Å². The molecule has 0 aliphatic carbocycles. The van der Waals surface area contributed by atoms with Crippen LogP contribution in [0.3, 0.4) is 0 Å². The van der Waals surface area contributed by atoms with Crippen LogP contribution in [-0.4, -0.2) is 56.9 Å². The smallest absolute Gasteiger partial charge is 0.317 e. The predicted molar refractivity (Wildman–Crippen MR) is 76.2 cm³/mol. The molecule has 1 aromatic carbocycles. The van der Waals surface area contributed by atoms with Gasteiger partial charge in [-0.05, 0) is 24.3 Å². The molecule has 0 aromatic heterocycles. The molecule has 1 heterocycles. The van der Waals surface area contributed by atoms with E-state index in [-0.39, 0.29) is 10.9 Å². The SMILES string of the molecule is CNC(=O)N1CCN(S(=O)(=O)c2ccc(Cl)cc2)CC1. The molecule has 0 spiro atoms. The molecule has 0 bridgehead atoms. The summed E-state index contributed by atoms with van der Waals surface area (Å²) in [6.07, 6.45) is 0. The van der Waals surface area contributed by atoms with E-state index in [1.54, 1.807) is 24.1 Å². The van der Waals surface area contributed by atoms with Gasteiger partial charge in [0.1, 0.15) is 0 Å². The number of carbonyl (C=O) groups excluding carboxylic acids is 1. The largest absolute Gasteiger partial charge is 0.341 e. The van der Waals surface area contributed by atoms with E-state index in [1.807, 2.05) is 0 Å². The van der Waals surface area contributed by atoms with Crippen LogP contribution in [0.5, 0.6) is 0 Å². The van der Waals surface area contributed by atoms with Crippen molar-refractivity contribution in [3.05, 3.63) is 29.3 Å². The third-order valence-electron chi connectivity index (χ3n) is 3.19. The average Bonchev–Trinajstić information content (AvgIpc) is 2.47. The quantitative estimate of drug-likeness (QED) is 0.884. The number of nitrogens with one attached hydrogen (secondary N) is 1. The van der Waals surface area contributed by atoms with Crippen LogP contribution in [0.15, 0.2) is 29.2 Å². The highest BCUT2D eigenvalue weighted by Crippen LogP contribution is 2.19. The Labute approximate surface area is 123 Å². The maximum atomic E-state index is 12.4. The number of benzene rings is 1. The number of hydrogen-bond donors (Lipinski definition) is 1. The van der Waals surface area contributed by atoms with Crippen molar-refractivity contribution in [2.24, 2.45) is 0 Å². The molecule has 1 N–H and O–H groups in total.